The van der Waals surface area contributed by atoms with Crippen LogP contribution in [-0.4, -0.2) is 15.5 Å². The van der Waals surface area contributed by atoms with Gasteiger partial charge in [0, 0.05) is 18.1 Å². The van der Waals surface area contributed by atoms with Gasteiger partial charge in [0.15, 0.2) is 0 Å². The van der Waals surface area contributed by atoms with Gasteiger partial charge in [0.1, 0.15) is 0 Å². The van der Waals surface area contributed by atoms with Crippen LogP contribution in [0.5, 0.6) is 0 Å². The fraction of sp³-hybridized carbons (Fsp3) is 0.250. The van der Waals surface area contributed by atoms with E-state index < -0.39 is 10.2 Å². The van der Waals surface area contributed by atoms with E-state index in [9.17, 15) is 8.42 Å². The Balaban J connectivity index is 2.59. The summed E-state index contributed by atoms with van der Waals surface area (Å²) in [6.45, 7) is 0.288. The molecule has 78 valence electrons. The van der Waals surface area contributed by atoms with Gasteiger partial charge in [0.2, 0.25) is 0 Å². The number of rotatable bonds is 4. The second kappa shape index (κ2) is 4.88. The van der Waals surface area contributed by atoms with Crippen LogP contribution in [0.15, 0.2) is 28.7 Å². The van der Waals surface area contributed by atoms with E-state index in [2.05, 4.69) is 25.4 Å². The number of halogens is 1. The maximum absolute atomic E-state index is 11.0. The van der Waals surface area contributed by atoms with Crippen LogP contribution in [-0.2, 0) is 16.8 Å². The fourth-order valence-corrected chi connectivity index (χ4v) is 1.62. The van der Waals surface area contributed by atoms with Crippen LogP contribution in [0.25, 0.3) is 0 Å². The van der Waals surface area contributed by atoms with E-state index in [4.69, 9.17) is 0 Å². The lowest BCUT2D eigenvalue weighted by atomic mass is 10.2. The molecule has 2 N–H and O–H groups in total. The van der Waals surface area contributed by atoms with E-state index in [0.29, 0.717) is 0 Å². The van der Waals surface area contributed by atoms with Crippen LogP contribution in [0, 0.1) is 0 Å². The van der Waals surface area contributed by atoms with Gasteiger partial charge in [-0.3, -0.25) is 0 Å². The van der Waals surface area contributed by atoms with Gasteiger partial charge in [0.25, 0.3) is 10.2 Å². The number of benzene rings is 1. The van der Waals surface area contributed by atoms with E-state index in [1.807, 2.05) is 24.3 Å². The first kappa shape index (κ1) is 11.6. The molecule has 0 aromatic heterocycles. The third-order valence-corrected chi connectivity index (χ3v) is 3.24. The average molecular weight is 279 g/mol. The molecule has 0 aliphatic heterocycles. The first-order valence-electron chi connectivity index (χ1n) is 3.96. The molecule has 1 aromatic carbocycles. The zero-order valence-electron chi connectivity index (χ0n) is 7.62. The number of hydrogen-bond donors (Lipinski definition) is 2. The van der Waals surface area contributed by atoms with Crippen molar-refractivity contribution in [1.82, 2.24) is 9.44 Å². The minimum Gasteiger partial charge on any atom is -0.205 e. The molecule has 1 aromatic rings. The van der Waals surface area contributed by atoms with Crippen LogP contribution >= 0.6 is 15.9 Å². The Morgan fingerprint density at radius 3 is 2.36 bits per heavy atom. The molecule has 1 rings (SSSR count). The third-order valence-electron chi connectivity index (χ3n) is 1.65. The largest absolute Gasteiger partial charge is 0.276 e. The third kappa shape index (κ3) is 3.75. The van der Waals surface area contributed by atoms with Crippen molar-refractivity contribution in [3.63, 3.8) is 0 Å². The molecule has 0 unspecified atom stereocenters. The standard InChI is InChI=1S/C8H11BrN2O2S/c1-10-14(12,13)11-6-7-2-4-8(9)5-3-7/h2-5,10-11H,6H2,1H3. The minimum absolute atomic E-state index is 0.288. The first-order valence-corrected chi connectivity index (χ1v) is 6.24. The maximum Gasteiger partial charge on any atom is 0.276 e. The van der Waals surface area contributed by atoms with Crippen molar-refractivity contribution in [2.75, 3.05) is 7.05 Å². The summed E-state index contributed by atoms with van der Waals surface area (Å²) in [6, 6.07) is 7.43. The molecule has 0 radical (unpaired) electrons. The van der Waals surface area contributed by atoms with E-state index in [1.54, 1.807) is 0 Å². The summed E-state index contributed by atoms with van der Waals surface area (Å²) >= 11 is 3.30. The van der Waals surface area contributed by atoms with E-state index in [1.165, 1.54) is 7.05 Å². The Bertz CT molecular complexity index is 388. The molecule has 4 nitrogen and oxygen atoms in total. The Kier molecular flexibility index (Phi) is 4.06. The van der Waals surface area contributed by atoms with Crippen molar-refractivity contribution in [3.05, 3.63) is 34.3 Å². The highest BCUT2D eigenvalue weighted by atomic mass is 79.9. The van der Waals surface area contributed by atoms with Crippen LogP contribution < -0.4 is 9.44 Å². The summed E-state index contributed by atoms with van der Waals surface area (Å²) < 4.78 is 27.6. The predicted octanol–water partition coefficient (Wildman–Crippen LogP) is 1.00. The highest BCUT2D eigenvalue weighted by Crippen LogP contribution is 2.10. The topological polar surface area (TPSA) is 58.2 Å². The summed E-state index contributed by atoms with van der Waals surface area (Å²) in [4.78, 5) is 0. The predicted molar refractivity (Wildman–Crippen MR) is 59.0 cm³/mol. The quantitative estimate of drug-likeness (QED) is 0.864. The molecule has 0 aliphatic carbocycles. The smallest absolute Gasteiger partial charge is 0.205 e. The summed E-state index contributed by atoms with van der Waals surface area (Å²) in [7, 11) is -1.97. The van der Waals surface area contributed by atoms with Crippen molar-refractivity contribution in [2.45, 2.75) is 6.54 Å². The van der Waals surface area contributed by atoms with Crippen molar-refractivity contribution >= 4 is 26.1 Å². The first-order chi connectivity index (χ1) is 6.53. The van der Waals surface area contributed by atoms with Crippen LogP contribution in [0.3, 0.4) is 0 Å². The van der Waals surface area contributed by atoms with Gasteiger partial charge >= 0.3 is 0 Å². The van der Waals surface area contributed by atoms with Crippen LogP contribution in [0.2, 0.25) is 0 Å². The Morgan fingerprint density at radius 1 is 1.29 bits per heavy atom. The Labute approximate surface area is 92.0 Å². The van der Waals surface area contributed by atoms with Crippen LogP contribution in [0.4, 0.5) is 0 Å². The zero-order chi connectivity index (χ0) is 10.6. The van der Waals surface area contributed by atoms with Gasteiger partial charge in [-0.1, -0.05) is 28.1 Å². The molecule has 0 saturated carbocycles. The second-order valence-corrected chi connectivity index (χ2v) is 5.27. The van der Waals surface area contributed by atoms with Gasteiger partial charge < -0.3 is 0 Å². The maximum atomic E-state index is 11.0. The molecular formula is C8H11BrN2O2S. The zero-order valence-corrected chi connectivity index (χ0v) is 10.0. The minimum atomic E-state index is -3.34. The average Bonchev–Trinajstić information content (AvgIpc) is 2.17. The molecule has 0 bridgehead atoms. The summed E-state index contributed by atoms with van der Waals surface area (Å²) in [5.74, 6) is 0. The monoisotopic (exact) mass is 278 g/mol. The fourth-order valence-electron chi connectivity index (χ4n) is 0.853. The normalized spacial score (nSPS) is 11.6. The van der Waals surface area contributed by atoms with E-state index >= 15 is 0 Å². The van der Waals surface area contributed by atoms with E-state index in [0.717, 1.165) is 10.0 Å². The lowest BCUT2D eigenvalue weighted by Gasteiger charge is -2.04. The molecule has 0 atom stereocenters. The SMILES string of the molecule is CNS(=O)(=O)NCc1ccc(Br)cc1. The van der Waals surface area contributed by atoms with Gasteiger partial charge in [-0.05, 0) is 17.7 Å². The molecule has 0 amide bonds. The Morgan fingerprint density at radius 2 is 1.86 bits per heavy atom. The number of nitrogens with one attached hydrogen (secondary N) is 2. The summed E-state index contributed by atoms with van der Waals surface area (Å²) in [5, 5.41) is 0. The molecule has 0 aliphatic rings. The summed E-state index contributed by atoms with van der Waals surface area (Å²) in [6.07, 6.45) is 0. The lowest BCUT2D eigenvalue weighted by molar-refractivity contribution is 0.573. The van der Waals surface area contributed by atoms with Gasteiger partial charge in [-0.15, -0.1) is 0 Å². The lowest BCUT2D eigenvalue weighted by Crippen LogP contribution is -2.33. The second-order valence-electron chi connectivity index (χ2n) is 2.66. The van der Waals surface area contributed by atoms with Gasteiger partial charge in [0.05, 0.1) is 0 Å². The molecule has 0 spiro atoms. The number of hydrogen-bond acceptors (Lipinski definition) is 2. The van der Waals surface area contributed by atoms with E-state index in [-0.39, 0.29) is 6.54 Å². The van der Waals surface area contributed by atoms with Gasteiger partial charge in [-0.25, -0.2) is 4.72 Å². The van der Waals surface area contributed by atoms with Crippen molar-refractivity contribution in [3.8, 4) is 0 Å². The van der Waals surface area contributed by atoms with Gasteiger partial charge in [-0.2, -0.15) is 13.1 Å². The van der Waals surface area contributed by atoms with Crippen molar-refractivity contribution in [1.29, 1.82) is 0 Å². The molecule has 0 saturated heterocycles. The molecular weight excluding hydrogens is 268 g/mol. The van der Waals surface area contributed by atoms with Crippen LogP contribution in [0.1, 0.15) is 5.56 Å². The Hall–Kier alpha value is -0.430. The highest BCUT2D eigenvalue weighted by molar-refractivity contribution is 9.10. The molecule has 0 heterocycles. The van der Waals surface area contributed by atoms with Crippen molar-refractivity contribution in [2.24, 2.45) is 0 Å². The van der Waals surface area contributed by atoms with Crippen molar-refractivity contribution < 1.29 is 8.42 Å². The molecule has 0 fully saturated rings. The molecule has 14 heavy (non-hydrogen) atoms. The molecule has 6 heteroatoms. The summed E-state index contributed by atoms with van der Waals surface area (Å²) in [5.41, 5.74) is 0.909. The highest BCUT2D eigenvalue weighted by Gasteiger charge is 2.04.